The first kappa shape index (κ1) is 18.3. The number of hydrogen-bond acceptors (Lipinski definition) is 5. The zero-order valence-electron chi connectivity index (χ0n) is 15.0. The molecule has 7 heteroatoms. The third-order valence-electron chi connectivity index (χ3n) is 5.08. The third-order valence-corrected chi connectivity index (χ3v) is 5.08. The topological polar surface area (TPSA) is 79.7 Å². The molecule has 28 heavy (non-hydrogen) atoms. The molecule has 144 valence electrons. The Kier molecular flexibility index (Phi) is 4.92. The first-order valence-electron chi connectivity index (χ1n) is 9.12. The van der Waals surface area contributed by atoms with Gasteiger partial charge in [-0.1, -0.05) is 6.07 Å². The summed E-state index contributed by atoms with van der Waals surface area (Å²) in [6.07, 6.45) is 4.72. The van der Waals surface area contributed by atoms with Gasteiger partial charge in [-0.15, -0.1) is 0 Å². The number of carbonyl (C=O) groups excluding carboxylic acids is 2. The number of hydrogen-bond donors (Lipinski definition) is 1. The Bertz CT molecular complexity index is 921. The number of nitrogens with zero attached hydrogens (tertiary/aromatic N) is 2. The Balaban J connectivity index is 1.80. The molecule has 1 N–H and O–H groups in total. The van der Waals surface area contributed by atoms with Gasteiger partial charge < -0.3 is 14.7 Å². The summed E-state index contributed by atoms with van der Waals surface area (Å²) in [6, 6.07) is 7.82. The van der Waals surface area contributed by atoms with E-state index in [-0.39, 0.29) is 29.5 Å². The quantitative estimate of drug-likeness (QED) is 0.500. The number of ether oxygens (including phenoxy) is 1. The number of aliphatic hydroxyl groups is 1. The van der Waals surface area contributed by atoms with Gasteiger partial charge in [0.2, 0.25) is 0 Å². The molecular weight excluding hydrogens is 363 g/mol. The molecule has 2 atom stereocenters. The largest absolute Gasteiger partial charge is 0.507 e. The maximum Gasteiger partial charge on any atom is 0.295 e. The van der Waals surface area contributed by atoms with Gasteiger partial charge in [-0.2, -0.15) is 0 Å². The van der Waals surface area contributed by atoms with Crippen LogP contribution in [0.15, 0.2) is 54.4 Å². The SMILES string of the molecule is O=C1C(=O)N(C[C@H]2CCCO2)[C@H](c2cccnc2)C1=C(O)c1ccc(F)cc1. The van der Waals surface area contributed by atoms with E-state index in [9.17, 15) is 19.1 Å². The molecule has 0 aliphatic carbocycles. The number of aliphatic hydroxyl groups excluding tert-OH is 1. The van der Waals surface area contributed by atoms with Crippen LogP contribution in [0.4, 0.5) is 4.39 Å². The minimum atomic E-state index is -0.775. The van der Waals surface area contributed by atoms with Crippen LogP contribution in [-0.2, 0) is 14.3 Å². The molecule has 2 saturated heterocycles. The highest BCUT2D eigenvalue weighted by molar-refractivity contribution is 6.46. The highest BCUT2D eigenvalue weighted by Crippen LogP contribution is 2.39. The van der Waals surface area contributed by atoms with Crippen LogP contribution >= 0.6 is 0 Å². The van der Waals surface area contributed by atoms with Crippen molar-refractivity contribution in [2.24, 2.45) is 0 Å². The Morgan fingerprint density at radius 2 is 2.04 bits per heavy atom. The summed E-state index contributed by atoms with van der Waals surface area (Å²) in [6.45, 7) is 0.881. The average molecular weight is 382 g/mol. The molecule has 0 saturated carbocycles. The molecule has 2 aliphatic rings. The summed E-state index contributed by atoms with van der Waals surface area (Å²) in [5.41, 5.74) is 0.858. The van der Waals surface area contributed by atoms with E-state index >= 15 is 0 Å². The fourth-order valence-electron chi connectivity index (χ4n) is 3.72. The number of amides is 1. The summed E-state index contributed by atoms with van der Waals surface area (Å²) in [7, 11) is 0. The third kappa shape index (κ3) is 3.29. The number of likely N-dealkylation sites (tertiary alicyclic amines) is 1. The lowest BCUT2D eigenvalue weighted by atomic mass is 9.96. The second-order valence-electron chi connectivity index (χ2n) is 6.88. The van der Waals surface area contributed by atoms with Gasteiger partial charge in [-0.3, -0.25) is 14.6 Å². The standard InChI is InChI=1S/C21H19FN2O4/c22-15-7-5-13(6-8-15)19(25)17-18(14-3-1-9-23-11-14)24(21(27)20(17)26)12-16-4-2-10-28-16/h1,3,5-9,11,16,18,25H,2,4,10,12H2/t16-,18-/m1/s1. The fourth-order valence-corrected chi connectivity index (χ4v) is 3.72. The van der Waals surface area contributed by atoms with Crippen molar-refractivity contribution in [3.8, 4) is 0 Å². The minimum absolute atomic E-state index is 0.0254. The van der Waals surface area contributed by atoms with Crippen molar-refractivity contribution in [1.29, 1.82) is 0 Å². The summed E-state index contributed by atoms with van der Waals surface area (Å²) < 4.78 is 18.9. The Morgan fingerprint density at radius 3 is 2.68 bits per heavy atom. The molecule has 2 aliphatic heterocycles. The number of carbonyl (C=O) groups is 2. The molecule has 2 fully saturated rings. The zero-order chi connectivity index (χ0) is 19.7. The van der Waals surface area contributed by atoms with Gasteiger partial charge in [0.15, 0.2) is 0 Å². The van der Waals surface area contributed by atoms with E-state index in [4.69, 9.17) is 4.74 Å². The van der Waals surface area contributed by atoms with Crippen LogP contribution in [0.5, 0.6) is 0 Å². The first-order chi connectivity index (χ1) is 13.6. The van der Waals surface area contributed by atoms with Crippen molar-refractivity contribution in [1.82, 2.24) is 9.88 Å². The Hall–Kier alpha value is -3.06. The maximum atomic E-state index is 13.2. The highest BCUT2D eigenvalue weighted by Gasteiger charge is 2.47. The number of ketones is 1. The van der Waals surface area contributed by atoms with Crippen molar-refractivity contribution < 1.29 is 23.8 Å². The lowest BCUT2D eigenvalue weighted by Crippen LogP contribution is -2.36. The predicted molar refractivity (Wildman–Crippen MR) is 98.6 cm³/mol. The summed E-state index contributed by atoms with van der Waals surface area (Å²) in [5.74, 6) is -2.25. The number of Topliss-reactive ketones (excluding diaryl/α,β-unsaturated/α-hetero) is 1. The second-order valence-corrected chi connectivity index (χ2v) is 6.88. The van der Waals surface area contributed by atoms with E-state index in [1.807, 2.05) is 0 Å². The molecule has 6 nitrogen and oxygen atoms in total. The van der Waals surface area contributed by atoms with E-state index in [0.717, 1.165) is 12.8 Å². The van der Waals surface area contributed by atoms with Crippen LogP contribution in [0, 0.1) is 5.82 Å². The normalized spacial score (nSPS) is 24.1. The average Bonchev–Trinajstić information content (AvgIpc) is 3.31. The van der Waals surface area contributed by atoms with Crippen LogP contribution in [0.2, 0.25) is 0 Å². The number of rotatable bonds is 4. The van der Waals surface area contributed by atoms with E-state index in [1.165, 1.54) is 29.2 Å². The Labute approximate surface area is 161 Å². The van der Waals surface area contributed by atoms with Gasteiger partial charge in [-0.25, -0.2) is 4.39 Å². The minimum Gasteiger partial charge on any atom is -0.507 e. The molecule has 1 amide bonds. The highest BCUT2D eigenvalue weighted by atomic mass is 19.1. The van der Waals surface area contributed by atoms with Gasteiger partial charge in [0.05, 0.1) is 17.7 Å². The smallest absolute Gasteiger partial charge is 0.295 e. The van der Waals surface area contributed by atoms with Gasteiger partial charge >= 0.3 is 0 Å². The van der Waals surface area contributed by atoms with Crippen LogP contribution in [-0.4, -0.2) is 45.9 Å². The zero-order valence-corrected chi connectivity index (χ0v) is 15.0. The van der Waals surface area contributed by atoms with E-state index < -0.39 is 23.5 Å². The second kappa shape index (κ2) is 7.52. The van der Waals surface area contributed by atoms with Crippen molar-refractivity contribution in [2.75, 3.05) is 13.2 Å². The molecular formula is C21H19FN2O4. The van der Waals surface area contributed by atoms with Crippen molar-refractivity contribution in [3.63, 3.8) is 0 Å². The molecule has 0 bridgehead atoms. The lowest BCUT2D eigenvalue weighted by molar-refractivity contribution is -0.140. The molecule has 2 aromatic rings. The molecule has 4 rings (SSSR count). The van der Waals surface area contributed by atoms with Crippen LogP contribution in [0.1, 0.15) is 30.0 Å². The molecule has 0 unspecified atom stereocenters. The molecule has 1 aromatic heterocycles. The molecule has 0 radical (unpaired) electrons. The van der Waals surface area contributed by atoms with Crippen LogP contribution in [0.25, 0.3) is 5.76 Å². The van der Waals surface area contributed by atoms with Gasteiger partial charge in [0.25, 0.3) is 11.7 Å². The fraction of sp³-hybridized carbons (Fsp3) is 0.286. The van der Waals surface area contributed by atoms with Crippen LogP contribution < -0.4 is 0 Å². The summed E-state index contributed by atoms with van der Waals surface area (Å²) >= 11 is 0. The monoisotopic (exact) mass is 382 g/mol. The van der Waals surface area contributed by atoms with E-state index in [2.05, 4.69) is 4.98 Å². The maximum absolute atomic E-state index is 13.2. The number of aromatic nitrogens is 1. The van der Waals surface area contributed by atoms with Gasteiger partial charge in [0, 0.05) is 31.1 Å². The van der Waals surface area contributed by atoms with E-state index in [0.29, 0.717) is 12.2 Å². The van der Waals surface area contributed by atoms with E-state index in [1.54, 1.807) is 24.5 Å². The molecule has 3 heterocycles. The van der Waals surface area contributed by atoms with Crippen LogP contribution in [0.3, 0.4) is 0 Å². The van der Waals surface area contributed by atoms with Gasteiger partial charge in [-0.05, 0) is 48.7 Å². The first-order valence-corrected chi connectivity index (χ1v) is 9.12. The summed E-state index contributed by atoms with van der Waals surface area (Å²) in [5, 5.41) is 10.8. The predicted octanol–water partition coefficient (Wildman–Crippen LogP) is 2.82. The van der Waals surface area contributed by atoms with Crippen molar-refractivity contribution >= 4 is 17.4 Å². The summed E-state index contributed by atoms with van der Waals surface area (Å²) in [4.78, 5) is 31.1. The number of benzene rings is 1. The van der Waals surface area contributed by atoms with Gasteiger partial charge in [0.1, 0.15) is 11.6 Å². The lowest BCUT2D eigenvalue weighted by Gasteiger charge is -2.27. The molecule has 1 aromatic carbocycles. The number of pyridine rings is 1. The van der Waals surface area contributed by atoms with Crippen molar-refractivity contribution in [2.45, 2.75) is 25.0 Å². The molecule has 0 spiro atoms. The Morgan fingerprint density at radius 1 is 1.25 bits per heavy atom. The number of halogens is 1. The van der Waals surface area contributed by atoms with Crippen molar-refractivity contribution in [3.05, 3.63) is 71.3 Å².